The number of carbonyl (C=O) groups excluding carboxylic acids is 1. The van der Waals surface area contributed by atoms with Crippen molar-refractivity contribution < 1.29 is 13.2 Å². The molecule has 2 aliphatic heterocycles. The number of benzene rings is 1. The van der Waals surface area contributed by atoms with Crippen LogP contribution in [0.1, 0.15) is 42.7 Å². The van der Waals surface area contributed by atoms with Crippen LogP contribution in [-0.4, -0.2) is 38.2 Å². The second-order valence-corrected chi connectivity index (χ2v) is 9.68. The van der Waals surface area contributed by atoms with Crippen molar-refractivity contribution in [3.05, 3.63) is 52.2 Å². The van der Waals surface area contributed by atoms with Crippen LogP contribution in [0.4, 0.5) is 0 Å². The highest BCUT2D eigenvalue weighted by atomic mass is 32.2. The lowest BCUT2D eigenvalue weighted by Crippen LogP contribution is -2.43. The SMILES string of the molecule is CCC(NC(=O)C1CCN(C2=NS(=O)(=O)c3ccccc32)CC1)c1cccs1. The number of rotatable bonds is 4. The summed E-state index contributed by atoms with van der Waals surface area (Å²) in [4.78, 5) is 16.2. The molecule has 1 aromatic carbocycles. The molecule has 1 saturated heterocycles. The van der Waals surface area contributed by atoms with Gasteiger partial charge in [0.05, 0.1) is 6.04 Å². The first kappa shape index (κ1) is 19.1. The molecule has 4 rings (SSSR count). The molecule has 2 aliphatic rings. The van der Waals surface area contributed by atoms with Crippen LogP contribution in [0.2, 0.25) is 0 Å². The summed E-state index contributed by atoms with van der Waals surface area (Å²) in [5.41, 5.74) is 0.661. The molecule has 1 fully saturated rings. The van der Waals surface area contributed by atoms with Gasteiger partial charge in [-0.15, -0.1) is 15.7 Å². The van der Waals surface area contributed by atoms with E-state index in [4.69, 9.17) is 0 Å². The number of amidine groups is 1. The summed E-state index contributed by atoms with van der Waals surface area (Å²) in [6.07, 6.45) is 2.23. The smallest absolute Gasteiger partial charge is 0.285 e. The number of hydrogen-bond acceptors (Lipinski definition) is 5. The van der Waals surface area contributed by atoms with E-state index in [1.165, 1.54) is 4.88 Å². The highest BCUT2D eigenvalue weighted by Crippen LogP contribution is 2.30. The molecule has 1 amide bonds. The molecule has 1 N–H and O–H groups in total. The number of thiophene rings is 1. The van der Waals surface area contributed by atoms with Crippen LogP contribution in [0.15, 0.2) is 51.1 Å². The topological polar surface area (TPSA) is 78.8 Å². The maximum atomic E-state index is 12.7. The van der Waals surface area contributed by atoms with Crippen molar-refractivity contribution in [1.82, 2.24) is 10.2 Å². The minimum atomic E-state index is -3.61. The largest absolute Gasteiger partial charge is 0.355 e. The first-order valence-electron chi connectivity index (χ1n) is 9.52. The number of sulfonamides is 1. The van der Waals surface area contributed by atoms with Gasteiger partial charge in [-0.25, -0.2) is 0 Å². The van der Waals surface area contributed by atoms with E-state index >= 15 is 0 Å². The molecule has 3 heterocycles. The quantitative estimate of drug-likeness (QED) is 0.829. The Kier molecular flexibility index (Phi) is 5.25. The van der Waals surface area contributed by atoms with Gasteiger partial charge in [-0.3, -0.25) is 4.79 Å². The van der Waals surface area contributed by atoms with Gasteiger partial charge in [0.2, 0.25) is 5.91 Å². The minimum absolute atomic E-state index is 0.0564. The van der Waals surface area contributed by atoms with E-state index < -0.39 is 10.0 Å². The van der Waals surface area contributed by atoms with E-state index in [0.29, 0.717) is 37.3 Å². The van der Waals surface area contributed by atoms with Crippen LogP contribution >= 0.6 is 11.3 Å². The lowest BCUT2D eigenvalue weighted by molar-refractivity contribution is -0.126. The van der Waals surface area contributed by atoms with E-state index in [-0.39, 0.29) is 22.8 Å². The van der Waals surface area contributed by atoms with Crippen molar-refractivity contribution in [2.75, 3.05) is 13.1 Å². The van der Waals surface area contributed by atoms with Gasteiger partial charge in [-0.05, 0) is 42.8 Å². The Morgan fingerprint density at radius 3 is 2.68 bits per heavy atom. The molecular formula is C20H23N3O3S2. The van der Waals surface area contributed by atoms with Crippen molar-refractivity contribution in [3.8, 4) is 0 Å². The molecule has 1 atom stereocenters. The van der Waals surface area contributed by atoms with Crippen molar-refractivity contribution in [2.45, 2.75) is 37.1 Å². The van der Waals surface area contributed by atoms with Gasteiger partial charge in [0.25, 0.3) is 10.0 Å². The van der Waals surface area contributed by atoms with Gasteiger partial charge in [0.15, 0.2) is 5.84 Å². The second-order valence-electron chi connectivity index (χ2n) is 7.13. The van der Waals surface area contributed by atoms with E-state index in [9.17, 15) is 13.2 Å². The molecule has 0 bridgehead atoms. The molecule has 8 heteroatoms. The second kappa shape index (κ2) is 7.67. The minimum Gasteiger partial charge on any atom is -0.355 e. The molecule has 6 nitrogen and oxygen atoms in total. The first-order valence-corrected chi connectivity index (χ1v) is 11.8. The van der Waals surface area contributed by atoms with Gasteiger partial charge in [0, 0.05) is 29.4 Å². The number of amides is 1. The molecule has 1 aromatic heterocycles. The predicted molar refractivity (Wildman–Crippen MR) is 110 cm³/mol. The summed E-state index contributed by atoms with van der Waals surface area (Å²) in [5.74, 6) is 0.542. The van der Waals surface area contributed by atoms with E-state index in [1.807, 2.05) is 22.4 Å². The summed E-state index contributed by atoms with van der Waals surface area (Å²) in [6, 6.07) is 11.0. The zero-order valence-electron chi connectivity index (χ0n) is 15.7. The number of likely N-dealkylation sites (tertiary alicyclic amines) is 1. The normalized spacial score (nSPS) is 19.8. The van der Waals surface area contributed by atoms with Crippen LogP contribution in [0.25, 0.3) is 0 Å². The van der Waals surface area contributed by atoms with Crippen molar-refractivity contribution in [1.29, 1.82) is 0 Å². The van der Waals surface area contributed by atoms with Crippen LogP contribution in [0.3, 0.4) is 0 Å². The molecule has 2 aromatic rings. The third-order valence-corrected chi connectivity index (χ3v) is 7.70. The Morgan fingerprint density at radius 2 is 2.00 bits per heavy atom. The lowest BCUT2D eigenvalue weighted by Gasteiger charge is -2.33. The van der Waals surface area contributed by atoms with E-state index in [0.717, 1.165) is 6.42 Å². The van der Waals surface area contributed by atoms with Crippen LogP contribution in [-0.2, 0) is 14.8 Å². The molecule has 0 saturated carbocycles. The predicted octanol–water partition coefficient (Wildman–Crippen LogP) is 3.18. The summed E-state index contributed by atoms with van der Waals surface area (Å²) in [6.45, 7) is 3.32. The van der Waals surface area contributed by atoms with Crippen LogP contribution in [0, 0.1) is 5.92 Å². The molecule has 148 valence electrons. The molecule has 0 radical (unpaired) electrons. The van der Waals surface area contributed by atoms with Gasteiger partial charge < -0.3 is 10.2 Å². The van der Waals surface area contributed by atoms with E-state index in [1.54, 1.807) is 29.5 Å². The van der Waals surface area contributed by atoms with Crippen molar-refractivity contribution >= 4 is 33.1 Å². The van der Waals surface area contributed by atoms with Gasteiger partial charge in [0.1, 0.15) is 4.90 Å². The zero-order valence-corrected chi connectivity index (χ0v) is 17.3. The third kappa shape index (κ3) is 3.58. The molecule has 0 aliphatic carbocycles. The first-order chi connectivity index (χ1) is 13.5. The standard InChI is InChI=1S/C20H23N3O3S2/c1-2-16(17-7-5-13-27-17)21-20(24)14-9-11-23(12-10-14)19-15-6-3-4-8-18(15)28(25,26)22-19/h3-8,13-14,16H,2,9-12H2,1H3,(H,21,24). The van der Waals surface area contributed by atoms with Crippen LogP contribution in [0.5, 0.6) is 0 Å². The number of nitrogens with zero attached hydrogens (tertiary/aromatic N) is 2. The number of hydrogen-bond donors (Lipinski definition) is 1. The molecule has 0 spiro atoms. The van der Waals surface area contributed by atoms with Gasteiger partial charge in [-0.2, -0.15) is 8.42 Å². The van der Waals surface area contributed by atoms with Gasteiger partial charge >= 0.3 is 0 Å². The highest BCUT2D eigenvalue weighted by Gasteiger charge is 2.34. The monoisotopic (exact) mass is 417 g/mol. The lowest BCUT2D eigenvalue weighted by atomic mass is 9.94. The third-order valence-electron chi connectivity index (χ3n) is 5.39. The summed E-state index contributed by atoms with van der Waals surface area (Å²) in [5, 5.41) is 5.20. The molecule has 1 unspecified atom stereocenters. The summed E-state index contributed by atoms with van der Waals surface area (Å²) >= 11 is 1.66. The number of fused-ring (bicyclic) bond motifs is 1. The Bertz CT molecular complexity index is 991. The average Bonchev–Trinajstić information content (AvgIpc) is 3.33. The zero-order chi connectivity index (χ0) is 19.7. The number of piperidine rings is 1. The Labute approximate surface area is 169 Å². The van der Waals surface area contributed by atoms with Gasteiger partial charge in [-0.1, -0.05) is 25.1 Å². The van der Waals surface area contributed by atoms with Crippen molar-refractivity contribution in [3.63, 3.8) is 0 Å². The Hall–Kier alpha value is -2.19. The highest BCUT2D eigenvalue weighted by molar-refractivity contribution is 7.90. The Morgan fingerprint density at radius 1 is 1.25 bits per heavy atom. The fraction of sp³-hybridized carbons (Fsp3) is 0.400. The fourth-order valence-corrected chi connectivity index (χ4v) is 5.91. The number of carbonyl (C=O) groups is 1. The summed E-state index contributed by atoms with van der Waals surface area (Å²) in [7, 11) is -3.61. The summed E-state index contributed by atoms with van der Waals surface area (Å²) < 4.78 is 28.5. The number of nitrogens with one attached hydrogen (secondary N) is 1. The Balaban J connectivity index is 1.41. The van der Waals surface area contributed by atoms with E-state index in [2.05, 4.69) is 22.7 Å². The van der Waals surface area contributed by atoms with Crippen molar-refractivity contribution in [2.24, 2.45) is 10.3 Å². The fourth-order valence-electron chi connectivity index (χ4n) is 3.82. The van der Waals surface area contributed by atoms with Crippen LogP contribution < -0.4 is 5.32 Å². The molecular weight excluding hydrogens is 394 g/mol. The maximum absolute atomic E-state index is 12.7. The average molecular weight is 418 g/mol. The molecule has 28 heavy (non-hydrogen) atoms. The maximum Gasteiger partial charge on any atom is 0.285 e.